The Balaban J connectivity index is 0.00000289. The number of halogens is 4. The van der Waals surface area contributed by atoms with Crippen molar-refractivity contribution < 1.29 is 27.1 Å². The van der Waals surface area contributed by atoms with E-state index in [9.17, 15) is 27.2 Å². The molecule has 0 aliphatic heterocycles. The fourth-order valence-electron chi connectivity index (χ4n) is 1.06. The minimum atomic E-state index is -4.48. The third-order valence-corrected chi connectivity index (χ3v) is 1.95. The zero-order valence-corrected chi connectivity index (χ0v) is 11.5. The van der Waals surface area contributed by atoms with Gasteiger partial charge < -0.3 is 9.72 Å². The first kappa shape index (κ1) is 17.1. The average Bonchev–Trinajstić information content (AvgIpc) is 2.27. The molecular formula is C9H7F4NNaO3. The summed E-state index contributed by atoms with van der Waals surface area (Å²) in [7, 11) is 0.990. The molecule has 0 fully saturated rings. The predicted octanol–water partition coefficient (Wildman–Crippen LogP) is 1.14. The van der Waals surface area contributed by atoms with Gasteiger partial charge in [-0.15, -0.1) is 0 Å². The quantitative estimate of drug-likeness (QED) is 0.511. The smallest absolute Gasteiger partial charge is 0.346 e. The molecule has 0 aliphatic carbocycles. The summed E-state index contributed by atoms with van der Waals surface area (Å²) in [5, 5.41) is 0. The molecule has 1 radical (unpaired) electrons. The van der Waals surface area contributed by atoms with E-state index in [2.05, 4.69) is 4.74 Å². The van der Waals surface area contributed by atoms with E-state index >= 15 is 0 Å². The van der Waals surface area contributed by atoms with Crippen LogP contribution in [0.4, 0.5) is 17.6 Å². The Bertz CT molecular complexity index is 489. The third-order valence-electron chi connectivity index (χ3n) is 1.95. The molecule has 0 unspecified atom stereocenters. The molecule has 0 bridgehead atoms. The molecule has 1 aromatic heterocycles. The van der Waals surface area contributed by atoms with E-state index < -0.39 is 35.1 Å². The van der Waals surface area contributed by atoms with Gasteiger partial charge in [-0.1, -0.05) is 0 Å². The van der Waals surface area contributed by atoms with Gasteiger partial charge in [0, 0.05) is 29.6 Å². The molecule has 1 heterocycles. The van der Waals surface area contributed by atoms with Gasteiger partial charge in [-0.25, -0.2) is 13.6 Å². The minimum Gasteiger partial charge on any atom is -0.465 e. The average molecular weight is 276 g/mol. The number of rotatable bonds is 3. The molecule has 1 aromatic rings. The number of aromatic amines is 1. The number of hydrogen-bond acceptors (Lipinski definition) is 3. The van der Waals surface area contributed by atoms with E-state index in [1.807, 2.05) is 0 Å². The zero-order valence-electron chi connectivity index (χ0n) is 9.47. The number of esters is 1. The Hall–Kier alpha value is -0.860. The summed E-state index contributed by atoms with van der Waals surface area (Å²) in [6.07, 6.45) is -3.96. The number of H-pyrrole nitrogens is 1. The van der Waals surface area contributed by atoms with E-state index in [4.69, 9.17) is 0 Å². The normalized spacial score (nSPS) is 11.0. The van der Waals surface area contributed by atoms with Crippen molar-refractivity contribution in [2.75, 3.05) is 7.11 Å². The van der Waals surface area contributed by atoms with Gasteiger partial charge in [-0.3, -0.25) is 4.79 Å². The van der Waals surface area contributed by atoms with Crippen LogP contribution in [-0.2, 0) is 10.7 Å². The van der Waals surface area contributed by atoms with Gasteiger partial charge in [0.2, 0.25) is 0 Å². The second-order valence-corrected chi connectivity index (χ2v) is 3.03. The molecule has 95 valence electrons. The van der Waals surface area contributed by atoms with Crippen molar-refractivity contribution in [1.29, 1.82) is 0 Å². The Morgan fingerprint density at radius 2 is 1.94 bits per heavy atom. The Morgan fingerprint density at radius 3 is 2.33 bits per heavy atom. The number of alkyl halides is 4. The topological polar surface area (TPSA) is 59.2 Å². The van der Waals surface area contributed by atoms with Crippen LogP contribution in [0.25, 0.3) is 0 Å². The monoisotopic (exact) mass is 276 g/mol. The number of methoxy groups -OCH3 is 1. The van der Waals surface area contributed by atoms with E-state index in [-0.39, 0.29) is 29.6 Å². The number of carbonyl (C=O) groups is 1. The standard InChI is InChI=1S/C9H7F4NO3.Na/c1-17-7(16)4-2-3-5(14-6(4)15)9(12,13)8(10)11;/h2-3,8H,1H3,(H,14,15);. The third kappa shape index (κ3) is 3.33. The van der Waals surface area contributed by atoms with Crippen LogP contribution in [0.3, 0.4) is 0 Å². The van der Waals surface area contributed by atoms with Crippen LogP contribution in [-0.4, -0.2) is 54.0 Å². The summed E-state index contributed by atoms with van der Waals surface area (Å²) in [6.45, 7) is 0. The van der Waals surface area contributed by atoms with Crippen LogP contribution in [0.15, 0.2) is 16.9 Å². The van der Waals surface area contributed by atoms with Crippen molar-refractivity contribution in [3.63, 3.8) is 0 Å². The van der Waals surface area contributed by atoms with Crippen LogP contribution in [0.2, 0.25) is 0 Å². The number of hydrogen-bond donors (Lipinski definition) is 1. The fourth-order valence-corrected chi connectivity index (χ4v) is 1.06. The zero-order chi connectivity index (χ0) is 13.2. The van der Waals surface area contributed by atoms with E-state index in [0.717, 1.165) is 7.11 Å². The van der Waals surface area contributed by atoms with Crippen molar-refractivity contribution >= 4 is 35.5 Å². The molecule has 0 aromatic carbocycles. The SMILES string of the molecule is COC(=O)c1ccc(C(F)(F)C(F)F)[nH]c1=O.[Na]. The van der Waals surface area contributed by atoms with Gasteiger partial charge in [-0.05, 0) is 12.1 Å². The number of nitrogens with one attached hydrogen (secondary N) is 1. The van der Waals surface area contributed by atoms with Gasteiger partial charge in [0.05, 0.1) is 12.8 Å². The van der Waals surface area contributed by atoms with Gasteiger partial charge >= 0.3 is 18.3 Å². The predicted molar refractivity (Wildman–Crippen MR) is 54.1 cm³/mol. The van der Waals surface area contributed by atoms with Gasteiger partial charge in [0.1, 0.15) is 5.56 Å². The second-order valence-electron chi connectivity index (χ2n) is 3.03. The van der Waals surface area contributed by atoms with Gasteiger partial charge in [-0.2, -0.15) is 8.78 Å². The maximum atomic E-state index is 12.8. The molecule has 1 N–H and O–H groups in total. The number of carbonyl (C=O) groups excluding carboxylic acids is 1. The van der Waals surface area contributed by atoms with Gasteiger partial charge in [0.25, 0.3) is 5.56 Å². The molecule has 4 nitrogen and oxygen atoms in total. The van der Waals surface area contributed by atoms with Crippen LogP contribution < -0.4 is 5.56 Å². The number of ether oxygens (including phenoxy) is 1. The summed E-state index contributed by atoms with van der Waals surface area (Å²) in [6, 6.07) is 1.25. The summed E-state index contributed by atoms with van der Waals surface area (Å²) >= 11 is 0. The van der Waals surface area contributed by atoms with E-state index in [1.165, 1.54) is 4.98 Å². The molecule has 1 rings (SSSR count). The van der Waals surface area contributed by atoms with Crippen LogP contribution in [0, 0.1) is 0 Å². The summed E-state index contributed by atoms with van der Waals surface area (Å²) in [5.74, 6) is -5.52. The van der Waals surface area contributed by atoms with Crippen molar-refractivity contribution in [3.8, 4) is 0 Å². The largest absolute Gasteiger partial charge is 0.465 e. The molecule has 0 spiro atoms. The molecule has 0 amide bonds. The number of pyridine rings is 1. The fraction of sp³-hybridized carbons (Fsp3) is 0.333. The maximum Gasteiger partial charge on any atom is 0.346 e. The first-order chi connectivity index (χ1) is 7.80. The molecule has 9 heteroatoms. The molecule has 0 atom stereocenters. The summed E-state index contributed by atoms with van der Waals surface area (Å²) in [4.78, 5) is 23.7. The van der Waals surface area contributed by atoms with Crippen molar-refractivity contribution in [1.82, 2.24) is 4.98 Å². The van der Waals surface area contributed by atoms with Crippen LogP contribution in [0.1, 0.15) is 16.1 Å². The Labute approximate surface area is 121 Å². The number of aromatic nitrogens is 1. The van der Waals surface area contributed by atoms with E-state index in [0.29, 0.717) is 12.1 Å². The molecule has 0 saturated carbocycles. The minimum absolute atomic E-state index is 0. The van der Waals surface area contributed by atoms with Crippen LogP contribution >= 0.6 is 0 Å². The molecular weight excluding hydrogens is 269 g/mol. The van der Waals surface area contributed by atoms with Crippen LogP contribution in [0.5, 0.6) is 0 Å². The first-order valence-corrected chi connectivity index (χ1v) is 4.28. The van der Waals surface area contributed by atoms with Gasteiger partial charge in [0.15, 0.2) is 0 Å². The Morgan fingerprint density at radius 1 is 1.39 bits per heavy atom. The summed E-state index contributed by atoms with van der Waals surface area (Å²) < 4.78 is 53.9. The second kappa shape index (κ2) is 6.35. The first-order valence-electron chi connectivity index (χ1n) is 4.28. The van der Waals surface area contributed by atoms with Crippen molar-refractivity contribution in [3.05, 3.63) is 33.7 Å². The molecule has 0 saturated heterocycles. The summed E-state index contributed by atoms with van der Waals surface area (Å²) in [5.41, 5.74) is -3.01. The van der Waals surface area contributed by atoms with E-state index in [1.54, 1.807) is 0 Å². The molecule has 18 heavy (non-hydrogen) atoms. The van der Waals surface area contributed by atoms with Crippen molar-refractivity contribution in [2.24, 2.45) is 0 Å². The maximum absolute atomic E-state index is 12.8. The molecule has 0 aliphatic rings. The van der Waals surface area contributed by atoms with Crippen molar-refractivity contribution in [2.45, 2.75) is 12.3 Å². The Kier molecular flexibility index (Phi) is 6.05.